The highest BCUT2D eigenvalue weighted by Crippen LogP contribution is 2.29. The van der Waals surface area contributed by atoms with Crippen LogP contribution in [0.1, 0.15) is 54.1 Å². The Kier molecular flexibility index (Phi) is 7.08. The van der Waals surface area contributed by atoms with Crippen molar-refractivity contribution in [2.75, 3.05) is 25.0 Å². The summed E-state index contributed by atoms with van der Waals surface area (Å²) in [5.74, 6) is -1.24. The summed E-state index contributed by atoms with van der Waals surface area (Å²) in [4.78, 5) is 29.6. The molecule has 5 nitrogen and oxygen atoms in total. The van der Waals surface area contributed by atoms with Crippen LogP contribution in [0.4, 0.5) is 14.5 Å². The van der Waals surface area contributed by atoms with E-state index in [0.717, 1.165) is 43.4 Å². The van der Waals surface area contributed by atoms with Gasteiger partial charge in [0.2, 0.25) is 5.91 Å². The molecule has 1 atom stereocenters. The smallest absolute Gasteiger partial charge is 0.258 e. The predicted octanol–water partition coefficient (Wildman–Crippen LogP) is 4.75. The Morgan fingerprint density at radius 2 is 1.82 bits per heavy atom. The number of hydrogen-bond donors (Lipinski definition) is 1. The van der Waals surface area contributed by atoms with E-state index in [-0.39, 0.29) is 23.4 Å². The first-order chi connectivity index (χ1) is 15.8. The molecule has 1 heterocycles. The second-order valence-corrected chi connectivity index (χ2v) is 9.27. The lowest BCUT2D eigenvalue weighted by atomic mass is 10.0. The lowest BCUT2D eigenvalue weighted by molar-refractivity contribution is -0.140. The van der Waals surface area contributed by atoms with Crippen molar-refractivity contribution in [3.8, 4) is 0 Å². The number of halogens is 2. The fourth-order valence-electron chi connectivity index (χ4n) is 5.02. The van der Waals surface area contributed by atoms with Gasteiger partial charge in [0.25, 0.3) is 5.91 Å². The van der Waals surface area contributed by atoms with E-state index >= 15 is 0 Å². The predicted molar refractivity (Wildman–Crippen MR) is 124 cm³/mol. The minimum absolute atomic E-state index is 0.0837. The Labute approximate surface area is 193 Å². The lowest BCUT2D eigenvalue weighted by Gasteiger charge is -2.41. The van der Waals surface area contributed by atoms with Gasteiger partial charge >= 0.3 is 0 Å². The molecule has 1 unspecified atom stereocenters. The van der Waals surface area contributed by atoms with Gasteiger partial charge in [0.05, 0.1) is 5.56 Å². The third kappa shape index (κ3) is 5.24. The van der Waals surface area contributed by atoms with Crippen molar-refractivity contribution in [2.24, 2.45) is 5.92 Å². The highest BCUT2D eigenvalue weighted by molar-refractivity contribution is 6.04. The van der Waals surface area contributed by atoms with E-state index < -0.39 is 17.5 Å². The summed E-state index contributed by atoms with van der Waals surface area (Å²) in [7, 11) is 0. The monoisotopic (exact) mass is 455 g/mol. The average Bonchev–Trinajstić information content (AvgIpc) is 3.32. The number of carbonyl (C=O) groups excluding carboxylic acids is 2. The second-order valence-electron chi connectivity index (χ2n) is 9.27. The van der Waals surface area contributed by atoms with E-state index in [2.05, 4.69) is 17.1 Å². The molecule has 2 aromatic rings. The van der Waals surface area contributed by atoms with Crippen LogP contribution in [0.3, 0.4) is 0 Å². The van der Waals surface area contributed by atoms with E-state index in [9.17, 15) is 18.4 Å². The summed E-state index contributed by atoms with van der Waals surface area (Å²) in [5, 5.41) is 2.66. The lowest BCUT2D eigenvalue weighted by Crippen LogP contribution is -2.54. The Bertz CT molecular complexity index is 1040. The van der Waals surface area contributed by atoms with Crippen LogP contribution in [0.15, 0.2) is 36.4 Å². The van der Waals surface area contributed by atoms with Gasteiger partial charge in [-0.3, -0.25) is 14.5 Å². The molecular formula is C26H31F2N3O2. The molecule has 2 fully saturated rings. The van der Waals surface area contributed by atoms with Crippen molar-refractivity contribution in [3.63, 3.8) is 0 Å². The van der Waals surface area contributed by atoms with Gasteiger partial charge in [-0.1, -0.05) is 25.0 Å². The topological polar surface area (TPSA) is 52.6 Å². The molecule has 0 bridgehead atoms. The average molecular weight is 456 g/mol. The van der Waals surface area contributed by atoms with Crippen LogP contribution in [0.5, 0.6) is 0 Å². The Hall–Kier alpha value is -2.80. The number of hydrogen-bond acceptors (Lipinski definition) is 3. The van der Waals surface area contributed by atoms with E-state index in [0.29, 0.717) is 25.3 Å². The van der Waals surface area contributed by atoms with Crippen molar-refractivity contribution in [1.29, 1.82) is 0 Å². The first-order valence-corrected chi connectivity index (χ1v) is 11.7. The number of amides is 2. The molecule has 1 saturated heterocycles. The Balaban J connectivity index is 1.43. The van der Waals surface area contributed by atoms with E-state index in [1.807, 2.05) is 11.8 Å². The van der Waals surface area contributed by atoms with Gasteiger partial charge in [-0.2, -0.15) is 0 Å². The molecule has 2 aliphatic rings. The molecule has 176 valence electrons. The molecule has 33 heavy (non-hydrogen) atoms. The van der Waals surface area contributed by atoms with Gasteiger partial charge in [0.15, 0.2) is 0 Å². The second kappa shape index (κ2) is 10.00. The first-order valence-electron chi connectivity index (χ1n) is 11.7. The van der Waals surface area contributed by atoms with Crippen LogP contribution in [0.2, 0.25) is 0 Å². The summed E-state index contributed by atoms with van der Waals surface area (Å²) >= 11 is 0. The van der Waals surface area contributed by atoms with Crippen molar-refractivity contribution >= 4 is 17.5 Å². The van der Waals surface area contributed by atoms with Gasteiger partial charge in [0, 0.05) is 43.8 Å². The fraction of sp³-hybridized carbons (Fsp3) is 0.462. The number of nitrogens with zero attached hydrogens (tertiary/aromatic N) is 2. The fourth-order valence-corrected chi connectivity index (χ4v) is 5.02. The van der Waals surface area contributed by atoms with Crippen LogP contribution >= 0.6 is 0 Å². The van der Waals surface area contributed by atoms with Crippen molar-refractivity contribution in [2.45, 2.75) is 52.1 Å². The molecule has 7 heteroatoms. The maximum Gasteiger partial charge on any atom is 0.258 e. The Morgan fingerprint density at radius 3 is 2.52 bits per heavy atom. The van der Waals surface area contributed by atoms with Crippen LogP contribution in [0.25, 0.3) is 0 Å². The summed E-state index contributed by atoms with van der Waals surface area (Å²) in [5.41, 5.74) is 1.76. The third-order valence-corrected chi connectivity index (χ3v) is 6.94. The zero-order valence-electron chi connectivity index (χ0n) is 19.2. The molecule has 0 radical (unpaired) electrons. The van der Waals surface area contributed by atoms with Gasteiger partial charge in [-0.05, 0) is 62.1 Å². The van der Waals surface area contributed by atoms with Crippen LogP contribution < -0.4 is 5.32 Å². The third-order valence-electron chi connectivity index (χ3n) is 6.94. The number of piperazine rings is 1. The molecule has 0 aromatic heterocycles. The quantitative estimate of drug-likeness (QED) is 0.708. The van der Waals surface area contributed by atoms with Crippen LogP contribution in [0, 0.1) is 24.5 Å². The van der Waals surface area contributed by atoms with Crippen molar-refractivity contribution < 1.29 is 18.4 Å². The zero-order chi connectivity index (χ0) is 23.5. The molecule has 1 N–H and O–H groups in total. The van der Waals surface area contributed by atoms with Crippen molar-refractivity contribution in [3.05, 3.63) is 64.7 Å². The summed E-state index contributed by atoms with van der Waals surface area (Å²) in [6.45, 7) is 6.51. The highest BCUT2D eigenvalue weighted by Gasteiger charge is 2.33. The maximum atomic E-state index is 14.4. The molecule has 1 aliphatic heterocycles. The van der Waals surface area contributed by atoms with Crippen LogP contribution in [-0.4, -0.2) is 47.3 Å². The molecule has 2 amide bonds. The van der Waals surface area contributed by atoms with Crippen LogP contribution in [-0.2, 0) is 11.3 Å². The van der Waals surface area contributed by atoms with E-state index in [1.165, 1.54) is 30.3 Å². The number of benzene rings is 2. The van der Waals surface area contributed by atoms with Gasteiger partial charge in [0.1, 0.15) is 11.6 Å². The maximum absolute atomic E-state index is 14.4. The van der Waals surface area contributed by atoms with E-state index in [1.54, 1.807) is 6.07 Å². The molecule has 1 saturated carbocycles. The van der Waals surface area contributed by atoms with Gasteiger partial charge in [-0.25, -0.2) is 8.78 Å². The molecule has 4 rings (SSSR count). The normalized spacial score (nSPS) is 19.6. The van der Waals surface area contributed by atoms with E-state index in [4.69, 9.17) is 0 Å². The van der Waals surface area contributed by atoms with Gasteiger partial charge < -0.3 is 10.2 Å². The number of rotatable bonds is 5. The van der Waals surface area contributed by atoms with Gasteiger partial charge in [-0.15, -0.1) is 0 Å². The number of carbonyl (C=O) groups is 2. The standard InChI is InChI=1S/C26H31F2N3O2/c1-17-15-30(11-12-31(17)26(33)19-7-3-4-8-19)16-20-13-21(27)14-24(18(20)2)29-25(32)22-9-5-6-10-23(22)28/h5-6,9-10,13-14,17,19H,3-4,7-8,11-12,15-16H2,1-2H3,(H,29,32). The minimum atomic E-state index is -0.622. The van der Waals surface area contributed by atoms with Crippen molar-refractivity contribution in [1.82, 2.24) is 9.80 Å². The molecule has 1 aliphatic carbocycles. The molecular weight excluding hydrogens is 424 g/mol. The number of anilines is 1. The zero-order valence-corrected chi connectivity index (χ0v) is 19.2. The molecule has 2 aromatic carbocycles. The largest absolute Gasteiger partial charge is 0.337 e. The first kappa shape index (κ1) is 23.4. The SMILES string of the molecule is Cc1c(CN2CCN(C(=O)C3CCCC3)C(C)C2)cc(F)cc1NC(=O)c1ccccc1F. The Morgan fingerprint density at radius 1 is 1.09 bits per heavy atom. The highest BCUT2D eigenvalue weighted by atomic mass is 19.1. The molecule has 0 spiro atoms. The summed E-state index contributed by atoms with van der Waals surface area (Å²) in [6, 6.07) is 8.55. The number of nitrogens with one attached hydrogen (secondary N) is 1. The summed E-state index contributed by atoms with van der Waals surface area (Å²) < 4.78 is 28.4. The summed E-state index contributed by atoms with van der Waals surface area (Å²) in [6.07, 6.45) is 4.27. The minimum Gasteiger partial charge on any atom is -0.337 e.